The smallest absolute Gasteiger partial charge is 0.295 e. The van der Waals surface area contributed by atoms with E-state index in [1.165, 1.54) is 85.8 Å². The first-order chi connectivity index (χ1) is 33.9. The van der Waals surface area contributed by atoms with Crippen LogP contribution >= 0.6 is 22.7 Å². The van der Waals surface area contributed by atoms with Crippen LogP contribution in [0.4, 0.5) is 39.6 Å². The minimum Gasteiger partial charge on any atom is -0.338 e. The van der Waals surface area contributed by atoms with Crippen molar-refractivity contribution in [1.82, 2.24) is 24.7 Å². The summed E-state index contributed by atoms with van der Waals surface area (Å²) < 4.78 is 142. The van der Waals surface area contributed by atoms with Gasteiger partial charge >= 0.3 is 0 Å². The number of aromatic nitrogens is 5. The van der Waals surface area contributed by atoms with Gasteiger partial charge in [-0.15, -0.1) is 10.2 Å². The van der Waals surface area contributed by atoms with E-state index in [-0.39, 0.29) is 99.0 Å². The Labute approximate surface area is 426 Å². The minimum absolute atomic E-state index is 0.00725. The van der Waals surface area contributed by atoms with Crippen molar-refractivity contribution >= 4 is 129 Å². The van der Waals surface area contributed by atoms with Gasteiger partial charge in [0.05, 0.1) is 35.9 Å². The fourth-order valence-electron chi connectivity index (χ4n) is 8.49. The van der Waals surface area contributed by atoms with E-state index in [0.29, 0.717) is 26.9 Å². The predicted octanol–water partition coefficient (Wildman–Crippen LogP) is 10.2. The van der Waals surface area contributed by atoms with Gasteiger partial charge in [-0.25, -0.2) is 15.0 Å². The first-order valence-electron chi connectivity index (χ1n) is 21.0. The zero-order valence-electron chi connectivity index (χ0n) is 39.4. The quantitative estimate of drug-likeness (QED) is 0.0529. The van der Waals surface area contributed by atoms with Gasteiger partial charge in [-0.2, -0.15) is 48.7 Å². The summed E-state index contributed by atoms with van der Waals surface area (Å²) in [5.41, 5.74) is 3.10. The lowest BCUT2D eigenvalue weighted by Crippen LogP contribution is -2.17. The molecule has 8 aromatic rings. The number of allylic oxidation sites excluding steroid dienone is 1. The molecule has 0 bridgehead atoms. The number of nitrogens with zero attached hydrogens (tertiary/aromatic N) is 9. The number of pyridine rings is 1. The van der Waals surface area contributed by atoms with Crippen molar-refractivity contribution in [1.29, 1.82) is 5.26 Å². The number of fused-ring (bicyclic) bond motifs is 2. The Morgan fingerprint density at radius 2 is 1.23 bits per heavy atom. The van der Waals surface area contributed by atoms with Crippen LogP contribution in [0.2, 0.25) is 0 Å². The van der Waals surface area contributed by atoms with Crippen molar-refractivity contribution in [2.45, 2.75) is 75.0 Å². The van der Waals surface area contributed by atoms with Crippen LogP contribution in [0.3, 0.4) is 0 Å². The molecule has 0 radical (unpaired) electrons. The molecule has 0 aliphatic heterocycles. The van der Waals surface area contributed by atoms with Gasteiger partial charge in [-0.3, -0.25) is 23.1 Å². The molecule has 0 unspecified atom stereocenters. The van der Waals surface area contributed by atoms with E-state index in [2.05, 4.69) is 38.3 Å². The predicted molar refractivity (Wildman–Crippen MR) is 275 cm³/mol. The largest absolute Gasteiger partial charge is 0.338 e. The van der Waals surface area contributed by atoms with Crippen molar-refractivity contribution in [2.24, 2.45) is 10.2 Å². The van der Waals surface area contributed by atoms with Gasteiger partial charge in [-0.1, -0.05) is 41.4 Å². The standard InChI is InChI=1S/C45H40N10O12S6/c1-20(2)36-30(19-46)43(55(53-36)45-48-32-13-11-29(71(59,60)61)18-34(32)69-45)52-51-38-22(4)16-35(49-42(38)50-37-21(3)14-24(6)40(26(37)8)72(62,63)64)54(39-23(5)15-25(7)41(27(39)9)73(65,66)67)44-47-31-12-10-28(70(56,57)58)17-33(31)68-44/h10-18H,1H2,2-9H3,(H,49,50)(H,56,57,58)(H,59,60,61)(H,62,63,64)(H,65,66,67)/b52-51+. The van der Waals surface area contributed by atoms with Crippen molar-refractivity contribution in [2.75, 3.05) is 10.2 Å². The van der Waals surface area contributed by atoms with E-state index in [1.54, 1.807) is 27.7 Å². The molecule has 4 aromatic carbocycles. The second-order valence-corrected chi connectivity index (χ2v) is 24.4. The Hall–Kier alpha value is -6.91. The Morgan fingerprint density at radius 1 is 0.685 bits per heavy atom. The lowest BCUT2D eigenvalue weighted by Gasteiger charge is -2.28. The molecule has 0 saturated carbocycles. The molecule has 0 aliphatic rings. The van der Waals surface area contributed by atoms with Crippen molar-refractivity contribution in [3.63, 3.8) is 0 Å². The summed E-state index contributed by atoms with van der Waals surface area (Å²) in [7, 11) is -18.9. The summed E-state index contributed by atoms with van der Waals surface area (Å²) in [5, 5.41) is 27.7. The molecule has 4 aromatic heterocycles. The molecule has 0 amide bonds. The Kier molecular flexibility index (Phi) is 13.3. The number of azo groups is 1. The molecular formula is C45H40N10O12S6. The van der Waals surface area contributed by atoms with Gasteiger partial charge in [0, 0.05) is 5.69 Å². The molecule has 73 heavy (non-hydrogen) atoms. The molecular weight excluding hydrogens is 1060 g/mol. The monoisotopic (exact) mass is 1100 g/mol. The average molecular weight is 1110 g/mol. The molecule has 0 fully saturated rings. The number of hydrogen-bond donors (Lipinski definition) is 5. The number of aryl methyl sites for hydroxylation is 5. The second-order valence-electron chi connectivity index (χ2n) is 16.8. The van der Waals surface area contributed by atoms with E-state index in [1.807, 2.05) is 0 Å². The topological polar surface area (TPSA) is 338 Å². The summed E-state index contributed by atoms with van der Waals surface area (Å²) in [4.78, 5) is 14.2. The molecule has 0 atom stereocenters. The van der Waals surface area contributed by atoms with Crippen LogP contribution in [-0.2, 0) is 40.5 Å². The number of thiazole rings is 2. The zero-order valence-corrected chi connectivity index (χ0v) is 44.3. The van der Waals surface area contributed by atoms with Crippen LogP contribution in [-0.4, -0.2) is 76.6 Å². The molecule has 8 rings (SSSR count). The van der Waals surface area contributed by atoms with Crippen molar-refractivity contribution in [3.8, 4) is 11.2 Å². The fourth-order valence-corrected chi connectivity index (χ4v) is 13.5. The van der Waals surface area contributed by atoms with E-state index in [4.69, 9.17) is 9.97 Å². The number of benzene rings is 4. The average Bonchev–Trinajstić information content (AvgIpc) is 3.98. The molecule has 378 valence electrons. The molecule has 0 spiro atoms. The Bertz CT molecular complexity index is 4270. The SMILES string of the molecule is C=C(C)c1nn(-c2nc3ccc(S(=O)(=O)O)cc3s2)c(/N=N/c2c(C)cc(N(c3nc4ccc(S(=O)(=O)O)cc4s3)c3c(C)cc(C)c(S(=O)(=O)O)c3C)nc2Nc2c(C)cc(C)c(S(=O)(=O)O)c2C)c1C#N. The van der Waals surface area contributed by atoms with Crippen LogP contribution < -0.4 is 10.2 Å². The zero-order chi connectivity index (χ0) is 53.6. The highest BCUT2D eigenvalue weighted by atomic mass is 32.2. The van der Waals surface area contributed by atoms with Crippen LogP contribution in [0.1, 0.15) is 57.1 Å². The van der Waals surface area contributed by atoms with E-state index < -0.39 is 55.2 Å². The number of hydrogen-bond acceptors (Lipinski definition) is 19. The molecule has 4 heterocycles. The summed E-state index contributed by atoms with van der Waals surface area (Å²) in [6.45, 7) is 16.5. The van der Waals surface area contributed by atoms with Gasteiger partial charge in [-0.05, 0) is 142 Å². The number of nitrogens with one attached hydrogen (secondary N) is 1. The van der Waals surface area contributed by atoms with Crippen LogP contribution in [0.5, 0.6) is 0 Å². The maximum Gasteiger partial charge on any atom is 0.295 e. The normalized spacial score (nSPS) is 12.5. The molecule has 5 N–H and O–H groups in total. The summed E-state index contributed by atoms with van der Waals surface area (Å²) >= 11 is 1.91. The highest BCUT2D eigenvalue weighted by molar-refractivity contribution is 7.86. The third-order valence-electron chi connectivity index (χ3n) is 11.4. The summed E-state index contributed by atoms with van der Waals surface area (Å²) in [6.07, 6.45) is 0. The van der Waals surface area contributed by atoms with Crippen LogP contribution in [0, 0.1) is 59.8 Å². The maximum atomic E-state index is 13.0. The number of anilines is 5. The van der Waals surface area contributed by atoms with Gasteiger partial charge < -0.3 is 5.32 Å². The summed E-state index contributed by atoms with van der Waals surface area (Å²) in [5.74, 6) is -0.285. The third kappa shape index (κ3) is 9.86. The van der Waals surface area contributed by atoms with Crippen LogP contribution in [0.15, 0.2) is 91.0 Å². The number of nitriles is 1. The maximum absolute atomic E-state index is 13.0. The van der Waals surface area contributed by atoms with Crippen molar-refractivity contribution in [3.05, 3.63) is 111 Å². The second kappa shape index (κ2) is 18.5. The lowest BCUT2D eigenvalue weighted by molar-refractivity contribution is 0.479. The molecule has 22 nitrogen and oxygen atoms in total. The van der Waals surface area contributed by atoms with E-state index in [9.17, 15) is 57.1 Å². The highest BCUT2D eigenvalue weighted by Gasteiger charge is 2.31. The highest BCUT2D eigenvalue weighted by Crippen LogP contribution is 2.47. The van der Waals surface area contributed by atoms with E-state index in [0.717, 1.165) is 28.7 Å². The molecule has 0 saturated heterocycles. The van der Waals surface area contributed by atoms with E-state index >= 15 is 0 Å². The lowest BCUT2D eigenvalue weighted by atomic mass is 10.0. The third-order valence-corrected chi connectivity index (χ3v) is 17.4. The minimum atomic E-state index is -4.86. The van der Waals surface area contributed by atoms with Gasteiger partial charge in [0.15, 0.2) is 16.8 Å². The molecule has 28 heteroatoms. The first kappa shape index (κ1) is 52.4. The summed E-state index contributed by atoms with van der Waals surface area (Å²) in [6, 6.07) is 14.2. The van der Waals surface area contributed by atoms with Crippen molar-refractivity contribution < 1.29 is 51.9 Å². The fraction of sp³-hybridized carbons (Fsp3) is 0.178. The Morgan fingerprint density at radius 3 is 1.78 bits per heavy atom. The van der Waals surface area contributed by atoms with Gasteiger partial charge in [0.2, 0.25) is 5.13 Å². The van der Waals surface area contributed by atoms with Gasteiger partial charge in [0.1, 0.15) is 38.6 Å². The van der Waals surface area contributed by atoms with Gasteiger partial charge in [0.25, 0.3) is 40.5 Å². The first-order valence-corrected chi connectivity index (χ1v) is 28.4. The van der Waals surface area contributed by atoms with Crippen LogP contribution in [0.25, 0.3) is 31.1 Å². The molecule has 0 aliphatic carbocycles. The Balaban J connectivity index is 1.43. The number of rotatable bonds is 13.